The zero-order valence-corrected chi connectivity index (χ0v) is 8.46. The second kappa shape index (κ2) is 4.80. The van der Waals surface area contributed by atoms with Crippen molar-refractivity contribution in [3.05, 3.63) is 0 Å². The standard InChI is InChI=1S/C9H21NO2/c1-7(9(2,3)4)10-8(5-11)6-12/h7-8,10-12H,5-6H2,1-4H3. The Bertz CT molecular complexity index is 116. The minimum absolute atomic E-state index is 0.0169. The fourth-order valence-electron chi connectivity index (χ4n) is 0.767. The van der Waals surface area contributed by atoms with Crippen LogP contribution in [0.2, 0.25) is 0 Å². The highest BCUT2D eigenvalue weighted by atomic mass is 16.3. The van der Waals surface area contributed by atoms with Gasteiger partial charge in [0.25, 0.3) is 0 Å². The molecule has 0 saturated heterocycles. The lowest BCUT2D eigenvalue weighted by molar-refractivity contribution is 0.143. The average Bonchev–Trinajstić information content (AvgIpc) is 1.97. The molecule has 12 heavy (non-hydrogen) atoms. The van der Waals surface area contributed by atoms with Crippen LogP contribution >= 0.6 is 0 Å². The Balaban J connectivity index is 3.90. The third kappa shape index (κ3) is 4.04. The van der Waals surface area contributed by atoms with Crippen LogP contribution in [-0.4, -0.2) is 35.5 Å². The first kappa shape index (κ1) is 11.9. The summed E-state index contributed by atoms with van der Waals surface area (Å²) in [7, 11) is 0. The maximum absolute atomic E-state index is 8.82. The van der Waals surface area contributed by atoms with E-state index in [0.29, 0.717) is 0 Å². The molecule has 0 spiro atoms. The maximum Gasteiger partial charge on any atom is 0.0607 e. The van der Waals surface area contributed by atoms with Gasteiger partial charge in [-0.1, -0.05) is 20.8 Å². The zero-order chi connectivity index (χ0) is 9.78. The van der Waals surface area contributed by atoms with Gasteiger partial charge in [0.15, 0.2) is 0 Å². The predicted octanol–water partition coefficient (Wildman–Crippen LogP) is 0.364. The minimum atomic E-state index is -0.195. The molecule has 0 aromatic heterocycles. The van der Waals surface area contributed by atoms with Crippen molar-refractivity contribution in [2.75, 3.05) is 13.2 Å². The van der Waals surface area contributed by atoms with E-state index >= 15 is 0 Å². The fourth-order valence-corrected chi connectivity index (χ4v) is 0.767. The van der Waals surface area contributed by atoms with Crippen LogP contribution in [0.3, 0.4) is 0 Å². The first-order valence-corrected chi connectivity index (χ1v) is 4.39. The van der Waals surface area contributed by atoms with Gasteiger partial charge in [-0.15, -0.1) is 0 Å². The minimum Gasteiger partial charge on any atom is -0.395 e. The summed E-state index contributed by atoms with van der Waals surface area (Å²) in [5, 5.41) is 20.8. The van der Waals surface area contributed by atoms with Crippen molar-refractivity contribution in [3.63, 3.8) is 0 Å². The van der Waals surface area contributed by atoms with Crippen molar-refractivity contribution < 1.29 is 10.2 Å². The summed E-state index contributed by atoms with van der Waals surface area (Å²) in [5.41, 5.74) is 0.155. The quantitative estimate of drug-likeness (QED) is 0.578. The van der Waals surface area contributed by atoms with Gasteiger partial charge in [0, 0.05) is 6.04 Å². The molecule has 0 saturated carbocycles. The van der Waals surface area contributed by atoms with Gasteiger partial charge in [-0.3, -0.25) is 0 Å². The first-order valence-electron chi connectivity index (χ1n) is 4.39. The van der Waals surface area contributed by atoms with Crippen molar-refractivity contribution >= 4 is 0 Å². The molecule has 0 heterocycles. The second-order valence-electron chi connectivity index (χ2n) is 4.32. The molecule has 0 radical (unpaired) electrons. The number of hydrogen-bond acceptors (Lipinski definition) is 3. The molecule has 0 aliphatic carbocycles. The SMILES string of the molecule is CC(NC(CO)CO)C(C)(C)C. The Morgan fingerprint density at radius 2 is 1.58 bits per heavy atom. The lowest BCUT2D eigenvalue weighted by Crippen LogP contribution is -2.47. The predicted molar refractivity (Wildman–Crippen MR) is 50.0 cm³/mol. The summed E-state index contributed by atoms with van der Waals surface area (Å²) in [6.07, 6.45) is 0. The number of aliphatic hydroxyl groups excluding tert-OH is 2. The molecule has 0 aromatic carbocycles. The first-order chi connectivity index (χ1) is 5.41. The van der Waals surface area contributed by atoms with Crippen molar-refractivity contribution in [2.24, 2.45) is 5.41 Å². The molecular weight excluding hydrogens is 154 g/mol. The molecule has 0 fully saturated rings. The number of nitrogens with one attached hydrogen (secondary N) is 1. The Labute approximate surface area is 74.8 Å². The highest BCUT2D eigenvalue weighted by Crippen LogP contribution is 2.18. The molecule has 0 amide bonds. The van der Waals surface area contributed by atoms with Crippen molar-refractivity contribution in [3.8, 4) is 0 Å². The van der Waals surface area contributed by atoms with Crippen LogP contribution in [0.5, 0.6) is 0 Å². The molecule has 0 bridgehead atoms. The highest BCUT2D eigenvalue weighted by molar-refractivity contribution is 4.79. The van der Waals surface area contributed by atoms with Crippen molar-refractivity contribution in [1.82, 2.24) is 5.32 Å². The van der Waals surface area contributed by atoms with Crippen LogP contribution in [0.4, 0.5) is 0 Å². The molecule has 3 heteroatoms. The molecule has 1 unspecified atom stereocenters. The second-order valence-corrected chi connectivity index (χ2v) is 4.32. The Morgan fingerprint density at radius 3 is 1.83 bits per heavy atom. The van der Waals surface area contributed by atoms with Gasteiger partial charge >= 0.3 is 0 Å². The van der Waals surface area contributed by atoms with Gasteiger partial charge in [0.2, 0.25) is 0 Å². The molecule has 0 aliphatic rings. The average molecular weight is 175 g/mol. The molecule has 3 N–H and O–H groups in total. The lowest BCUT2D eigenvalue weighted by Gasteiger charge is -2.31. The van der Waals surface area contributed by atoms with E-state index in [1.54, 1.807) is 0 Å². The van der Waals surface area contributed by atoms with E-state index in [-0.39, 0.29) is 30.7 Å². The summed E-state index contributed by atoms with van der Waals surface area (Å²) in [6.45, 7) is 8.38. The molecule has 3 nitrogen and oxygen atoms in total. The number of rotatable bonds is 4. The van der Waals surface area contributed by atoms with E-state index in [4.69, 9.17) is 10.2 Å². The van der Waals surface area contributed by atoms with Gasteiger partial charge in [0.1, 0.15) is 0 Å². The van der Waals surface area contributed by atoms with Crippen LogP contribution in [0, 0.1) is 5.41 Å². The summed E-state index contributed by atoms with van der Waals surface area (Å²) < 4.78 is 0. The Kier molecular flexibility index (Phi) is 4.75. The highest BCUT2D eigenvalue weighted by Gasteiger charge is 2.21. The molecule has 0 aliphatic heterocycles. The third-order valence-electron chi connectivity index (χ3n) is 2.23. The lowest BCUT2D eigenvalue weighted by atomic mass is 9.87. The molecule has 0 rings (SSSR count). The topological polar surface area (TPSA) is 52.5 Å². The molecule has 1 atom stereocenters. The smallest absolute Gasteiger partial charge is 0.0607 e. The van der Waals surface area contributed by atoms with Gasteiger partial charge in [0.05, 0.1) is 19.3 Å². The van der Waals surface area contributed by atoms with E-state index < -0.39 is 0 Å². The van der Waals surface area contributed by atoms with E-state index in [2.05, 4.69) is 33.0 Å². The Hall–Kier alpha value is -0.120. The van der Waals surface area contributed by atoms with Gasteiger partial charge in [-0.25, -0.2) is 0 Å². The zero-order valence-electron chi connectivity index (χ0n) is 8.46. The molecule has 74 valence electrons. The van der Waals surface area contributed by atoms with E-state index in [1.165, 1.54) is 0 Å². The van der Waals surface area contributed by atoms with Gasteiger partial charge in [-0.2, -0.15) is 0 Å². The Morgan fingerprint density at radius 1 is 1.17 bits per heavy atom. The van der Waals surface area contributed by atoms with Crippen molar-refractivity contribution in [1.29, 1.82) is 0 Å². The van der Waals surface area contributed by atoms with E-state index in [0.717, 1.165) is 0 Å². The largest absolute Gasteiger partial charge is 0.395 e. The van der Waals surface area contributed by atoms with E-state index in [9.17, 15) is 0 Å². The molecular formula is C9H21NO2. The van der Waals surface area contributed by atoms with Gasteiger partial charge < -0.3 is 15.5 Å². The van der Waals surface area contributed by atoms with Crippen LogP contribution in [-0.2, 0) is 0 Å². The fraction of sp³-hybridized carbons (Fsp3) is 1.00. The monoisotopic (exact) mass is 175 g/mol. The summed E-state index contributed by atoms with van der Waals surface area (Å²) in [4.78, 5) is 0. The van der Waals surface area contributed by atoms with E-state index in [1.807, 2.05) is 0 Å². The number of hydrogen-bond donors (Lipinski definition) is 3. The third-order valence-corrected chi connectivity index (χ3v) is 2.23. The van der Waals surface area contributed by atoms with Crippen LogP contribution in [0.15, 0.2) is 0 Å². The summed E-state index contributed by atoms with van der Waals surface area (Å²) in [6, 6.07) is 0.0843. The van der Waals surface area contributed by atoms with Crippen LogP contribution in [0.1, 0.15) is 27.7 Å². The number of aliphatic hydroxyl groups is 2. The van der Waals surface area contributed by atoms with Crippen LogP contribution < -0.4 is 5.32 Å². The van der Waals surface area contributed by atoms with Gasteiger partial charge in [-0.05, 0) is 12.3 Å². The molecule has 0 aromatic rings. The maximum atomic E-state index is 8.82. The van der Waals surface area contributed by atoms with Crippen LogP contribution in [0.25, 0.3) is 0 Å². The van der Waals surface area contributed by atoms with Crippen molar-refractivity contribution in [2.45, 2.75) is 39.8 Å². The summed E-state index contributed by atoms with van der Waals surface area (Å²) in [5.74, 6) is 0. The normalized spacial score (nSPS) is 15.2. The summed E-state index contributed by atoms with van der Waals surface area (Å²) >= 11 is 0.